The Morgan fingerprint density at radius 2 is 2.06 bits per heavy atom. The number of nitrogens with one attached hydrogen (secondary N) is 1. The number of alkyl carbamates (subject to hydrolysis) is 1. The van der Waals surface area contributed by atoms with Crippen molar-refractivity contribution in [1.82, 2.24) is 5.32 Å². The summed E-state index contributed by atoms with van der Waals surface area (Å²) in [5, 5.41) is 2.83. The molecule has 0 aromatic carbocycles. The van der Waals surface area contributed by atoms with E-state index in [2.05, 4.69) is 5.32 Å². The molecule has 0 radical (unpaired) electrons. The maximum atomic E-state index is 11.6. The molecule has 1 saturated carbocycles. The topological polar surface area (TPSA) is 73.6 Å². The van der Waals surface area contributed by atoms with E-state index in [0.717, 1.165) is 19.4 Å². The molecule has 1 amide bonds. The lowest BCUT2D eigenvalue weighted by Gasteiger charge is -2.30. The SMILES string of the molecule is NCC1CCCCC1COC(=O)NC1CCOC1. The monoisotopic (exact) mass is 256 g/mol. The fourth-order valence-electron chi connectivity index (χ4n) is 2.85. The predicted octanol–water partition coefficient (Wildman–Crippen LogP) is 1.27. The molecule has 0 aromatic rings. The van der Waals surface area contributed by atoms with Crippen molar-refractivity contribution in [3.63, 3.8) is 0 Å². The van der Waals surface area contributed by atoms with Crippen molar-refractivity contribution in [3.05, 3.63) is 0 Å². The summed E-state index contributed by atoms with van der Waals surface area (Å²) in [7, 11) is 0. The number of carbonyl (C=O) groups excluding carboxylic acids is 1. The molecule has 1 saturated heterocycles. The standard InChI is InChI=1S/C13H24N2O3/c14-7-10-3-1-2-4-11(10)8-18-13(16)15-12-5-6-17-9-12/h10-12H,1-9,14H2,(H,15,16). The van der Waals surface area contributed by atoms with E-state index in [9.17, 15) is 4.79 Å². The lowest BCUT2D eigenvalue weighted by Crippen LogP contribution is -2.37. The summed E-state index contributed by atoms with van der Waals surface area (Å²) in [6.07, 6.45) is 5.34. The van der Waals surface area contributed by atoms with Gasteiger partial charge in [0.15, 0.2) is 0 Å². The zero-order valence-electron chi connectivity index (χ0n) is 10.9. The largest absolute Gasteiger partial charge is 0.449 e. The van der Waals surface area contributed by atoms with Gasteiger partial charge in [0.2, 0.25) is 0 Å². The van der Waals surface area contributed by atoms with E-state index in [-0.39, 0.29) is 12.1 Å². The minimum Gasteiger partial charge on any atom is -0.449 e. The Morgan fingerprint density at radius 1 is 1.28 bits per heavy atom. The van der Waals surface area contributed by atoms with E-state index in [1.54, 1.807) is 0 Å². The van der Waals surface area contributed by atoms with Gasteiger partial charge >= 0.3 is 6.09 Å². The summed E-state index contributed by atoms with van der Waals surface area (Å²) >= 11 is 0. The molecule has 18 heavy (non-hydrogen) atoms. The third kappa shape index (κ3) is 3.85. The molecule has 104 valence electrons. The van der Waals surface area contributed by atoms with Crippen molar-refractivity contribution in [2.24, 2.45) is 17.6 Å². The molecule has 1 aliphatic carbocycles. The Bertz CT molecular complexity index is 267. The zero-order valence-corrected chi connectivity index (χ0v) is 10.9. The maximum Gasteiger partial charge on any atom is 0.407 e. The lowest BCUT2D eigenvalue weighted by atomic mass is 9.80. The molecule has 1 aliphatic heterocycles. The van der Waals surface area contributed by atoms with Crippen LogP contribution in [0.5, 0.6) is 0 Å². The van der Waals surface area contributed by atoms with Crippen molar-refractivity contribution in [1.29, 1.82) is 0 Å². The first kappa shape index (κ1) is 13.6. The first-order valence-electron chi connectivity index (χ1n) is 7.00. The Hall–Kier alpha value is -0.810. The molecule has 2 aliphatic rings. The summed E-state index contributed by atoms with van der Waals surface area (Å²) in [6.45, 7) is 2.53. The Morgan fingerprint density at radius 3 is 2.72 bits per heavy atom. The van der Waals surface area contributed by atoms with Gasteiger partial charge in [0.1, 0.15) is 0 Å². The van der Waals surface area contributed by atoms with E-state index in [1.165, 1.54) is 19.3 Å². The van der Waals surface area contributed by atoms with Crippen molar-refractivity contribution >= 4 is 6.09 Å². The van der Waals surface area contributed by atoms with Crippen LogP contribution in [0.4, 0.5) is 4.79 Å². The maximum absolute atomic E-state index is 11.6. The van der Waals surface area contributed by atoms with Crippen molar-refractivity contribution in [2.45, 2.75) is 38.1 Å². The summed E-state index contributed by atoms with van der Waals surface area (Å²) < 4.78 is 10.5. The van der Waals surface area contributed by atoms with Gasteiger partial charge < -0.3 is 20.5 Å². The molecule has 3 atom stereocenters. The van der Waals surface area contributed by atoms with Crippen LogP contribution in [0.3, 0.4) is 0 Å². The minimum absolute atomic E-state index is 0.120. The highest BCUT2D eigenvalue weighted by molar-refractivity contribution is 5.67. The van der Waals surface area contributed by atoms with Gasteiger partial charge in [-0.05, 0) is 37.6 Å². The molecule has 0 aromatic heterocycles. The molecule has 3 unspecified atom stereocenters. The quantitative estimate of drug-likeness (QED) is 0.794. The third-order valence-electron chi connectivity index (χ3n) is 4.05. The number of carbonyl (C=O) groups is 1. The minimum atomic E-state index is -0.313. The van der Waals surface area contributed by atoms with Gasteiger partial charge in [-0.25, -0.2) is 4.79 Å². The predicted molar refractivity (Wildman–Crippen MR) is 68.2 cm³/mol. The first-order valence-corrected chi connectivity index (χ1v) is 7.00. The summed E-state index contributed by atoms with van der Waals surface area (Å²) in [4.78, 5) is 11.6. The normalized spacial score (nSPS) is 32.2. The second-order valence-electron chi connectivity index (χ2n) is 5.34. The second kappa shape index (κ2) is 6.95. The number of hydrogen-bond acceptors (Lipinski definition) is 4. The van der Waals surface area contributed by atoms with E-state index >= 15 is 0 Å². The molecule has 2 rings (SSSR count). The molecule has 5 heteroatoms. The highest BCUT2D eigenvalue weighted by atomic mass is 16.5. The average molecular weight is 256 g/mol. The van der Waals surface area contributed by atoms with Crippen LogP contribution in [-0.2, 0) is 9.47 Å². The molecular weight excluding hydrogens is 232 g/mol. The van der Waals surface area contributed by atoms with Crippen LogP contribution in [0.25, 0.3) is 0 Å². The van der Waals surface area contributed by atoms with Gasteiger partial charge in [-0.3, -0.25) is 0 Å². The number of hydrogen-bond donors (Lipinski definition) is 2. The van der Waals surface area contributed by atoms with E-state index in [0.29, 0.717) is 31.6 Å². The van der Waals surface area contributed by atoms with E-state index in [1.807, 2.05) is 0 Å². The number of ether oxygens (including phenoxy) is 2. The van der Waals surface area contributed by atoms with Crippen LogP contribution in [0.2, 0.25) is 0 Å². The fraction of sp³-hybridized carbons (Fsp3) is 0.923. The van der Waals surface area contributed by atoms with Crippen molar-refractivity contribution < 1.29 is 14.3 Å². The van der Waals surface area contributed by atoms with Gasteiger partial charge in [0.25, 0.3) is 0 Å². The molecule has 3 N–H and O–H groups in total. The molecule has 5 nitrogen and oxygen atoms in total. The van der Waals surface area contributed by atoms with Crippen molar-refractivity contribution in [2.75, 3.05) is 26.4 Å². The van der Waals surface area contributed by atoms with Gasteiger partial charge in [-0.2, -0.15) is 0 Å². The van der Waals surface area contributed by atoms with E-state index in [4.69, 9.17) is 15.2 Å². The first-order chi connectivity index (χ1) is 8.79. The smallest absolute Gasteiger partial charge is 0.407 e. The number of rotatable bonds is 4. The third-order valence-corrected chi connectivity index (χ3v) is 4.05. The van der Waals surface area contributed by atoms with Gasteiger partial charge in [-0.15, -0.1) is 0 Å². The highest BCUT2D eigenvalue weighted by Gasteiger charge is 2.26. The van der Waals surface area contributed by atoms with Crippen LogP contribution in [0, 0.1) is 11.8 Å². The summed E-state index contributed by atoms with van der Waals surface area (Å²) in [6, 6.07) is 0.120. The lowest BCUT2D eigenvalue weighted by molar-refractivity contribution is 0.0908. The zero-order chi connectivity index (χ0) is 12.8. The van der Waals surface area contributed by atoms with Crippen LogP contribution in [0.1, 0.15) is 32.1 Å². The highest BCUT2D eigenvalue weighted by Crippen LogP contribution is 2.29. The number of nitrogens with two attached hydrogens (primary N) is 1. The van der Waals surface area contributed by atoms with Crippen LogP contribution < -0.4 is 11.1 Å². The molecule has 1 heterocycles. The molecule has 2 fully saturated rings. The van der Waals surface area contributed by atoms with Gasteiger partial charge in [0, 0.05) is 6.61 Å². The van der Waals surface area contributed by atoms with Crippen LogP contribution >= 0.6 is 0 Å². The molecule has 0 spiro atoms. The van der Waals surface area contributed by atoms with E-state index < -0.39 is 0 Å². The van der Waals surface area contributed by atoms with Crippen molar-refractivity contribution in [3.8, 4) is 0 Å². The second-order valence-corrected chi connectivity index (χ2v) is 5.34. The number of amides is 1. The Balaban J connectivity index is 1.67. The molecule has 0 bridgehead atoms. The Labute approximate surface area is 108 Å². The van der Waals surface area contributed by atoms with Gasteiger partial charge in [0.05, 0.1) is 19.3 Å². The van der Waals surface area contributed by atoms with Crippen LogP contribution in [0.15, 0.2) is 0 Å². The summed E-state index contributed by atoms with van der Waals surface area (Å²) in [5.74, 6) is 0.954. The summed E-state index contributed by atoms with van der Waals surface area (Å²) in [5.41, 5.74) is 5.76. The van der Waals surface area contributed by atoms with Crippen LogP contribution in [-0.4, -0.2) is 38.5 Å². The Kier molecular flexibility index (Phi) is 5.26. The fourth-order valence-corrected chi connectivity index (χ4v) is 2.85. The molecular formula is C13H24N2O3. The average Bonchev–Trinajstić information content (AvgIpc) is 2.89. The van der Waals surface area contributed by atoms with Gasteiger partial charge in [-0.1, -0.05) is 12.8 Å².